The van der Waals surface area contributed by atoms with Gasteiger partial charge in [-0.2, -0.15) is 0 Å². The van der Waals surface area contributed by atoms with E-state index in [9.17, 15) is 9.90 Å². The highest BCUT2D eigenvalue weighted by atomic mass is 16.4. The number of nitrogens with zero attached hydrogens (tertiary/aromatic N) is 1. The lowest BCUT2D eigenvalue weighted by atomic mass is 10.1. The third kappa shape index (κ3) is 4.14. The van der Waals surface area contributed by atoms with Crippen molar-refractivity contribution in [2.45, 2.75) is 33.5 Å². The third-order valence-corrected chi connectivity index (χ3v) is 5.45. The first kappa shape index (κ1) is 19.9. The molecule has 4 nitrogen and oxygen atoms in total. The number of aromatic nitrogens is 1. The van der Waals surface area contributed by atoms with Gasteiger partial charge in [-0.25, -0.2) is 4.79 Å². The predicted molar refractivity (Wildman–Crippen MR) is 121 cm³/mol. The summed E-state index contributed by atoms with van der Waals surface area (Å²) in [5.41, 5.74) is 6.82. The van der Waals surface area contributed by atoms with Gasteiger partial charge in [0.15, 0.2) is 0 Å². The number of aryl methyl sites for hydroxylation is 2. The molecule has 30 heavy (non-hydrogen) atoms. The highest BCUT2D eigenvalue weighted by molar-refractivity contribution is 5.98. The van der Waals surface area contributed by atoms with Crippen LogP contribution in [0.4, 0.5) is 0 Å². The molecule has 3 aromatic carbocycles. The van der Waals surface area contributed by atoms with E-state index < -0.39 is 5.97 Å². The highest BCUT2D eigenvalue weighted by Gasteiger charge is 2.22. The van der Waals surface area contributed by atoms with Crippen LogP contribution in [0.5, 0.6) is 0 Å². The molecule has 0 saturated carbocycles. The number of carboxylic acids is 1. The summed E-state index contributed by atoms with van der Waals surface area (Å²) in [4.78, 5) is 12.3. The fourth-order valence-corrected chi connectivity index (χ4v) is 3.99. The number of carboxylic acid groups (broad SMARTS) is 1. The van der Waals surface area contributed by atoms with Gasteiger partial charge in [0.1, 0.15) is 5.69 Å². The number of carbonyl (C=O) groups is 1. The van der Waals surface area contributed by atoms with Gasteiger partial charge in [0.25, 0.3) is 0 Å². The topological polar surface area (TPSA) is 54.3 Å². The molecule has 0 aliphatic rings. The lowest BCUT2D eigenvalue weighted by Gasteiger charge is -2.10. The second-order valence-corrected chi connectivity index (χ2v) is 7.81. The normalized spacial score (nSPS) is 11.1. The van der Waals surface area contributed by atoms with Crippen molar-refractivity contribution >= 4 is 16.9 Å². The van der Waals surface area contributed by atoms with Crippen LogP contribution in [0.2, 0.25) is 0 Å². The van der Waals surface area contributed by atoms with Crippen molar-refractivity contribution in [1.29, 1.82) is 0 Å². The molecule has 152 valence electrons. The fraction of sp³-hybridized carbons (Fsp3) is 0.192. The molecule has 0 spiro atoms. The van der Waals surface area contributed by atoms with Crippen LogP contribution in [0.25, 0.3) is 10.9 Å². The number of fused-ring (bicyclic) bond motifs is 1. The Morgan fingerprint density at radius 3 is 2.37 bits per heavy atom. The first-order chi connectivity index (χ1) is 14.5. The molecule has 4 heteroatoms. The summed E-state index contributed by atoms with van der Waals surface area (Å²) in [7, 11) is 0. The van der Waals surface area contributed by atoms with Crippen LogP contribution >= 0.6 is 0 Å². The molecule has 2 N–H and O–H groups in total. The van der Waals surface area contributed by atoms with E-state index >= 15 is 0 Å². The van der Waals surface area contributed by atoms with Crippen LogP contribution in [-0.2, 0) is 19.6 Å². The lowest BCUT2D eigenvalue weighted by molar-refractivity contribution is 0.0685. The molecule has 0 atom stereocenters. The van der Waals surface area contributed by atoms with E-state index in [2.05, 4.69) is 61.6 Å². The molecular formula is C26H26N2O2. The minimum absolute atomic E-state index is 0.355. The maximum absolute atomic E-state index is 12.3. The van der Waals surface area contributed by atoms with Crippen molar-refractivity contribution in [3.8, 4) is 0 Å². The molecule has 0 radical (unpaired) electrons. The SMILES string of the molecule is Cc1ccc(Cn2c(C(=O)O)c(CNCc3cccc(C)c3)c3ccccc32)cc1. The van der Waals surface area contributed by atoms with Crippen molar-refractivity contribution in [2.24, 2.45) is 0 Å². The molecule has 0 aliphatic heterocycles. The summed E-state index contributed by atoms with van der Waals surface area (Å²) < 4.78 is 1.92. The van der Waals surface area contributed by atoms with Crippen LogP contribution in [0.3, 0.4) is 0 Å². The highest BCUT2D eigenvalue weighted by Crippen LogP contribution is 2.28. The minimum Gasteiger partial charge on any atom is -0.477 e. The molecule has 0 aliphatic carbocycles. The average molecular weight is 399 g/mol. The monoisotopic (exact) mass is 398 g/mol. The van der Waals surface area contributed by atoms with Crippen molar-refractivity contribution in [3.63, 3.8) is 0 Å². The Bertz CT molecular complexity index is 1190. The molecule has 0 fully saturated rings. The van der Waals surface area contributed by atoms with Gasteiger partial charge in [-0.15, -0.1) is 0 Å². The summed E-state index contributed by atoms with van der Waals surface area (Å²) in [5.74, 6) is -0.898. The maximum Gasteiger partial charge on any atom is 0.352 e. The Labute approximate surface area is 176 Å². The van der Waals surface area contributed by atoms with Gasteiger partial charge in [-0.1, -0.05) is 77.9 Å². The van der Waals surface area contributed by atoms with Gasteiger partial charge in [-0.3, -0.25) is 0 Å². The predicted octanol–water partition coefficient (Wildman–Crippen LogP) is 5.29. The number of nitrogens with one attached hydrogen (secondary N) is 1. The lowest BCUT2D eigenvalue weighted by Crippen LogP contribution is -2.17. The first-order valence-electron chi connectivity index (χ1n) is 10.2. The van der Waals surface area contributed by atoms with Crippen LogP contribution in [-0.4, -0.2) is 15.6 Å². The summed E-state index contributed by atoms with van der Waals surface area (Å²) >= 11 is 0. The molecular weight excluding hydrogens is 372 g/mol. The van der Waals surface area contributed by atoms with Gasteiger partial charge < -0.3 is 15.0 Å². The van der Waals surface area contributed by atoms with E-state index in [1.165, 1.54) is 16.7 Å². The van der Waals surface area contributed by atoms with E-state index in [1.807, 2.05) is 34.9 Å². The molecule has 1 heterocycles. The Morgan fingerprint density at radius 2 is 1.63 bits per heavy atom. The zero-order valence-electron chi connectivity index (χ0n) is 17.4. The first-order valence-corrected chi connectivity index (χ1v) is 10.2. The van der Waals surface area contributed by atoms with E-state index in [4.69, 9.17) is 0 Å². The Morgan fingerprint density at radius 1 is 0.867 bits per heavy atom. The van der Waals surface area contributed by atoms with Crippen LogP contribution in [0, 0.1) is 13.8 Å². The van der Waals surface area contributed by atoms with Crippen molar-refractivity contribution in [1.82, 2.24) is 9.88 Å². The van der Waals surface area contributed by atoms with Gasteiger partial charge in [0, 0.05) is 36.1 Å². The number of hydrogen-bond acceptors (Lipinski definition) is 2. The summed E-state index contributed by atoms with van der Waals surface area (Å²) in [6.45, 7) is 5.84. The van der Waals surface area contributed by atoms with Crippen molar-refractivity contribution in [2.75, 3.05) is 0 Å². The minimum atomic E-state index is -0.898. The number of rotatable bonds is 7. The van der Waals surface area contributed by atoms with E-state index in [1.54, 1.807) is 0 Å². The molecule has 0 unspecified atom stereocenters. The summed E-state index contributed by atoms with van der Waals surface area (Å²) in [6.07, 6.45) is 0. The van der Waals surface area contributed by atoms with Gasteiger partial charge in [0.2, 0.25) is 0 Å². The largest absolute Gasteiger partial charge is 0.477 e. The zero-order chi connectivity index (χ0) is 21.1. The third-order valence-electron chi connectivity index (χ3n) is 5.45. The molecule has 1 aromatic heterocycles. The van der Waals surface area contributed by atoms with Crippen molar-refractivity contribution < 1.29 is 9.90 Å². The second-order valence-electron chi connectivity index (χ2n) is 7.81. The number of aromatic carboxylic acids is 1. The quantitative estimate of drug-likeness (QED) is 0.444. The van der Waals surface area contributed by atoms with Gasteiger partial charge in [-0.05, 0) is 31.0 Å². The van der Waals surface area contributed by atoms with E-state index in [-0.39, 0.29) is 0 Å². The van der Waals surface area contributed by atoms with E-state index in [0.717, 1.165) is 22.0 Å². The maximum atomic E-state index is 12.3. The van der Waals surface area contributed by atoms with Crippen molar-refractivity contribution in [3.05, 3.63) is 106 Å². The smallest absolute Gasteiger partial charge is 0.352 e. The molecule has 4 rings (SSSR count). The van der Waals surface area contributed by atoms with Crippen LogP contribution in [0.15, 0.2) is 72.8 Å². The van der Waals surface area contributed by atoms with Crippen LogP contribution < -0.4 is 5.32 Å². The number of para-hydroxylation sites is 1. The molecule has 4 aromatic rings. The zero-order valence-corrected chi connectivity index (χ0v) is 17.4. The number of hydrogen-bond donors (Lipinski definition) is 2. The Hall–Kier alpha value is -3.37. The second kappa shape index (κ2) is 8.56. The van der Waals surface area contributed by atoms with Crippen LogP contribution in [0.1, 0.15) is 38.3 Å². The van der Waals surface area contributed by atoms with Gasteiger partial charge in [0.05, 0.1) is 0 Å². The standard InChI is InChI=1S/C26H26N2O2/c1-18-10-12-20(13-11-18)17-28-24-9-4-3-8-22(24)23(25(28)26(29)30)16-27-15-21-7-5-6-19(2)14-21/h3-14,27H,15-17H2,1-2H3,(H,29,30). The Kier molecular flexibility index (Phi) is 5.68. The summed E-state index contributed by atoms with van der Waals surface area (Å²) in [6, 6.07) is 24.5. The average Bonchev–Trinajstić information content (AvgIpc) is 3.04. The molecule has 0 bridgehead atoms. The van der Waals surface area contributed by atoms with E-state index in [0.29, 0.717) is 25.3 Å². The van der Waals surface area contributed by atoms with Gasteiger partial charge >= 0.3 is 5.97 Å². The molecule has 0 amide bonds. The Balaban J connectivity index is 1.68. The fourth-order valence-electron chi connectivity index (χ4n) is 3.99. The number of benzene rings is 3. The molecule has 0 saturated heterocycles. The summed E-state index contributed by atoms with van der Waals surface area (Å²) in [5, 5.41) is 14.5.